The molecular weight excluding hydrogens is 157 g/mol. The van der Waals surface area contributed by atoms with Gasteiger partial charge in [0.1, 0.15) is 0 Å². The van der Waals surface area contributed by atoms with Crippen LogP contribution < -0.4 is 5.32 Å². The minimum absolute atomic E-state index is 0.151. The Bertz CT molecular complexity index is 279. The average Bonchev–Trinajstić information content (AvgIpc) is 2.74. The summed E-state index contributed by atoms with van der Waals surface area (Å²) in [6.07, 6.45) is 4.60. The van der Waals surface area contributed by atoms with Crippen molar-refractivity contribution in [3.8, 4) is 0 Å². The molecule has 1 saturated carbocycles. The first kappa shape index (κ1) is 7.46. The molecule has 64 valence electrons. The summed E-state index contributed by atoms with van der Waals surface area (Å²) in [5.74, 6) is 0.109. The normalized spacial score (nSPS) is 18.8. The molecular formula is C8H10FN3. The van der Waals surface area contributed by atoms with Crippen molar-refractivity contribution in [2.24, 2.45) is 0 Å². The topological polar surface area (TPSA) is 37.8 Å². The summed E-state index contributed by atoms with van der Waals surface area (Å²) in [6.45, 7) is 2.10. The zero-order chi connectivity index (χ0) is 8.60. The highest BCUT2D eigenvalue weighted by Crippen LogP contribution is 2.37. The second-order valence-corrected chi connectivity index (χ2v) is 3.41. The van der Waals surface area contributed by atoms with Crippen molar-refractivity contribution in [2.75, 3.05) is 5.32 Å². The fraction of sp³-hybridized carbons (Fsp3) is 0.500. The molecule has 0 spiro atoms. The molecule has 2 rings (SSSR count). The SMILES string of the molecule is CC1(Nc2ncc(F)cn2)CC1. The van der Waals surface area contributed by atoms with Gasteiger partial charge in [0.2, 0.25) is 5.95 Å². The molecule has 0 aromatic carbocycles. The fourth-order valence-corrected chi connectivity index (χ4v) is 0.959. The Morgan fingerprint density at radius 3 is 2.50 bits per heavy atom. The summed E-state index contributed by atoms with van der Waals surface area (Å²) in [5, 5.41) is 3.13. The third-order valence-corrected chi connectivity index (χ3v) is 2.03. The zero-order valence-electron chi connectivity index (χ0n) is 6.84. The first-order valence-corrected chi connectivity index (χ1v) is 3.94. The van der Waals surface area contributed by atoms with Crippen LogP contribution in [-0.4, -0.2) is 15.5 Å². The maximum absolute atomic E-state index is 12.4. The first-order chi connectivity index (χ1) is 5.68. The third-order valence-electron chi connectivity index (χ3n) is 2.03. The van der Waals surface area contributed by atoms with Gasteiger partial charge in [-0.05, 0) is 19.8 Å². The van der Waals surface area contributed by atoms with Gasteiger partial charge in [-0.2, -0.15) is 0 Å². The summed E-state index contributed by atoms with van der Waals surface area (Å²) < 4.78 is 12.4. The van der Waals surface area contributed by atoms with Crippen LogP contribution in [0.2, 0.25) is 0 Å². The number of halogens is 1. The van der Waals surface area contributed by atoms with Crippen molar-refractivity contribution >= 4 is 5.95 Å². The van der Waals surface area contributed by atoms with E-state index in [1.165, 1.54) is 12.4 Å². The molecule has 0 amide bonds. The van der Waals surface area contributed by atoms with Crippen LogP contribution in [-0.2, 0) is 0 Å². The van der Waals surface area contributed by atoms with Crippen molar-refractivity contribution in [1.29, 1.82) is 0 Å². The lowest BCUT2D eigenvalue weighted by molar-refractivity contribution is 0.613. The Kier molecular flexibility index (Phi) is 1.49. The number of anilines is 1. The van der Waals surface area contributed by atoms with Gasteiger partial charge in [-0.1, -0.05) is 0 Å². The number of nitrogens with zero attached hydrogens (tertiary/aromatic N) is 2. The molecule has 1 aromatic rings. The van der Waals surface area contributed by atoms with Gasteiger partial charge in [-0.3, -0.25) is 0 Å². The van der Waals surface area contributed by atoms with Crippen LogP contribution in [0.25, 0.3) is 0 Å². The van der Waals surface area contributed by atoms with E-state index in [-0.39, 0.29) is 5.54 Å². The number of rotatable bonds is 2. The van der Waals surface area contributed by atoms with Gasteiger partial charge in [-0.15, -0.1) is 0 Å². The molecule has 1 fully saturated rings. The Balaban J connectivity index is 2.08. The molecule has 1 heterocycles. The molecule has 4 heteroatoms. The van der Waals surface area contributed by atoms with E-state index in [0.717, 1.165) is 12.8 Å². The average molecular weight is 167 g/mol. The van der Waals surface area contributed by atoms with Crippen molar-refractivity contribution in [2.45, 2.75) is 25.3 Å². The lowest BCUT2D eigenvalue weighted by Gasteiger charge is -2.09. The highest BCUT2D eigenvalue weighted by atomic mass is 19.1. The number of nitrogens with one attached hydrogen (secondary N) is 1. The maximum Gasteiger partial charge on any atom is 0.223 e. The van der Waals surface area contributed by atoms with Crippen LogP contribution in [0.4, 0.5) is 10.3 Å². The number of aromatic nitrogens is 2. The highest BCUT2D eigenvalue weighted by molar-refractivity contribution is 5.31. The predicted molar refractivity (Wildman–Crippen MR) is 43.3 cm³/mol. The van der Waals surface area contributed by atoms with Gasteiger partial charge in [-0.25, -0.2) is 14.4 Å². The van der Waals surface area contributed by atoms with E-state index in [1.807, 2.05) is 0 Å². The van der Waals surface area contributed by atoms with Gasteiger partial charge in [0.25, 0.3) is 0 Å². The van der Waals surface area contributed by atoms with Crippen molar-refractivity contribution in [3.05, 3.63) is 18.2 Å². The predicted octanol–water partition coefficient (Wildman–Crippen LogP) is 1.58. The first-order valence-electron chi connectivity index (χ1n) is 3.94. The van der Waals surface area contributed by atoms with E-state index < -0.39 is 5.82 Å². The summed E-state index contributed by atoms with van der Waals surface area (Å²) >= 11 is 0. The smallest absolute Gasteiger partial charge is 0.223 e. The van der Waals surface area contributed by atoms with Gasteiger partial charge in [0, 0.05) is 5.54 Å². The van der Waals surface area contributed by atoms with Crippen LogP contribution in [0.5, 0.6) is 0 Å². The summed E-state index contributed by atoms with van der Waals surface area (Å²) in [4.78, 5) is 7.61. The molecule has 12 heavy (non-hydrogen) atoms. The molecule has 1 N–H and O–H groups in total. The Morgan fingerprint density at radius 2 is 2.00 bits per heavy atom. The molecule has 1 aliphatic rings. The van der Waals surface area contributed by atoms with E-state index in [4.69, 9.17) is 0 Å². The fourth-order valence-electron chi connectivity index (χ4n) is 0.959. The molecule has 0 saturated heterocycles. The minimum Gasteiger partial charge on any atom is -0.349 e. The van der Waals surface area contributed by atoms with E-state index in [2.05, 4.69) is 22.2 Å². The molecule has 0 unspecified atom stereocenters. The maximum atomic E-state index is 12.4. The van der Waals surface area contributed by atoms with E-state index >= 15 is 0 Å². The molecule has 0 atom stereocenters. The largest absolute Gasteiger partial charge is 0.349 e. The quantitative estimate of drug-likeness (QED) is 0.726. The Morgan fingerprint density at radius 1 is 1.42 bits per heavy atom. The molecule has 1 aliphatic carbocycles. The minimum atomic E-state index is -0.401. The summed E-state index contributed by atoms with van der Waals surface area (Å²) in [6, 6.07) is 0. The molecule has 0 aliphatic heterocycles. The third kappa shape index (κ3) is 1.52. The monoisotopic (exact) mass is 167 g/mol. The van der Waals surface area contributed by atoms with Gasteiger partial charge in [0.15, 0.2) is 5.82 Å². The van der Waals surface area contributed by atoms with E-state index in [9.17, 15) is 4.39 Å². The lowest BCUT2D eigenvalue weighted by Crippen LogP contribution is -2.17. The second kappa shape index (κ2) is 2.40. The molecule has 0 bridgehead atoms. The number of hydrogen-bond donors (Lipinski definition) is 1. The Labute approximate surface area is 70.0 Å². The molecule has 1 aromatic heterocycles. The van der Waals surface area contributed by atoms with E-state index in [1.54, 1.807) is 0 Å². The standard InChI is InChI=1S/C8H10FN3/c1-8(2-3-8)12-7-10-4-6(9)5-11-7/h4-5H,2-3H2,1H3,(H,10,11,12). The van der Waals surface area contributed by atoms with Crippen LogP contribution >= 0.6 is 0 Å². The summed E-state index contributed by atoms with van der Waals surface area (Å²) in [5.41, 5.74) is 0.151. The van der Waals surface area contributed by atoms with Gasteiger partial charge in [0.05, 0.1) is 12.4 Å². The Hall–Kier alpha value is -1.19. The van der Waals surface area contributed by atoms with Crippen LogP contribution in [0, 0.1) is 5.82 Å². The summed E-state index contributed by atoms with van der Waals surface area (Å²) in [7, 11) is 0. The molecule has 0 radical (unpaired) electrons. The molecule has 3 nitrogen and oxygen atoms in total. The van der Waals surface area contributed by atoms with Crippen LogP contribution in [0.15, 0.2) is 12.4 Å². The van der Waals surface area contributed by atoms with Crippen molar-refractivity contribution < 1.29 is 4.39 Å². The second-order valence-electron chi connectivity index (χ2n) is 3.41. The van der Waals surface area contributed by atoms with E-state index in [0.29, 0.717) is 5.95 Å². The van der Waals surface area contributed by atoms with Crippen LogP contribution in [0.3, 0.4) is 0 Å². The van der Waals surface area contributed by atoms with Crippen LogP contribution in [0.1, 0.15) is 19.8 Å². The van der Waals surface area contributed by atoms with Gasteiger partial charge >= 0.3 is 0 Å². The van der Waals surface area contributed by atoms with Crippen molar-refractivity contribution in [1.82, 2.24) is 9.97 Å². The zero-order valence-corrected chi connectivity index (χ0v) is 6.84. The van der Waals surface area contributed by atoms with Gasteiger partial charge < -0.3 is 5.32 Å². The lowest BCUT2D eigenvalue weighted by atomic mass is 10.3. The highest BCUT2D eigenvalue weighted by Gasteiger charge is 2.37. The number of hydrogen-bond acceptors (Lipinski definition) is 3. The van der Waals surface area contributed by atoms with Crippen molar-refractivity contribution in [3.63, 3.8) is 0 Å².